The van der Waals surface area contributed by atoms with E-state index in [1.807, 2.05) is 25.1 Å². The van der Waals surface area contributed by atoms with Crippen molar-refractivity contribution >= 4 is 15.7 Å². The van der Waals surface area contributed by atoms with Crippen LogP contribution in [0.15, 0.2) is 53.4 Å². The second kappa shape index (κ2) is 8.23. The zero-order valence-electron chi connectivity index (χ0n) is 15.6. The number of aryl methyl sites for hydroxylation is 1. The van der Waals surface area contributed by atoms with E-state index in [4.69, 9.17) is 0 Å². The van der Waals surface area contributed by atoms with Crippen molar-refractivity contribution in [1.82, 2.24) is 4.90 Å². The average Bonchev–Trinajstić information content (AvgIpc) is 2.63. The molecule has 1 fully saturated rings. The average molecular weight is 373 g/mol. The van der Waals surface area contributed by atoms with E-state index < -0.39 is 10.0 Å². The molecule has 1 aliphatic heterocycles. The minimum absolute atomic E-state index is 0.295. The molecule has 2 aromatic rings. The van der Waals surface area contributed by atoms with E-state index in [1.165, 1.54) is 31.4 Å². The van der Waals surface area contributed by atoms with Crippen LogP contribution in [0, 0.1) is 6.92 Å². The normalized spacial score (nSPS) is 18.6. The number of nitrogens with zero attached hydrogens (tertiary/aromatic N) is 1. The van der Waals surface area contributed by atoms with Crippen molar-refractivity contribution in [1.29, 1.82) is 0 Å². The summed E-state index contributed by atoms with van der Waals surface area (Å²) in [5.41, 5.74) is 2.83. The summed E-state index contributed by atoms with van der Waals surface area (Å²) in [6.07, 6.45) is 3.62. The van der Waals surface area contributed by atoms with Crippen LogP contribution >= 0.6 is 0 Å². The maximum absolute atomic E-state index is 12.5. The molecule has 140 valence electrons. The molecule has 1 N–H and O–H groups in total. The highest BCUT2D eigenvalue weighted by molar-refractivity contribution is 7.92. The predicted octanol–water partition coefficient (Wildman–Crippen LogP) is 4.39. The molecule has 0 saturated carbocycles. The van der Waals surface area contributed by atoms with Gasteiger partial charge in [0.05, 0.1) is 4.90 Å². The second-order valence-corrected chi connectivity index (χ2v) is 8.87. The quantitative estimate of drug-likeness (QED) is 0.818. The Hall–Kier alpha value is -1.85. The number of sulfonamides is 1. The highest BCUT2D eigenvalue weighted by atomic mass is 32.2. The van der Waals surface area contributed by atoms with Crippen LogP contribution in [0.2, 0.25) is 0 Å². The molecule has 0 bridgehead atoms. The maximum atomic E-state index is 12.5. The van der Waals surface area contributed by atoms with Crippen molar-refractivity contribution in [2.45, 2.75) is 43.9 Å². The van der Waals surface area contributed by atoms with Crippen LogP contribution in [0.1, 0.15) is 43.2 Å². The summed E-state index contributed by atoms with van der Waals surface area (Å²) in [5, 5.41) is 0. The van der Waals surface area contributed by atoms with Crippen molar-refractivity contribution in [3.8, 4) is 0 Å². The molecule has 1 saturated heterocycles. The van der Waals surface area contributed by atoms with E-state index in [-0.39, 0.29) is 0 Å². The Morgan fingerprint density at radius 3 is 2.62 bits per heavy atom. The molecular weight excluding hydrogens is 344 g/mol. The maximum Gasteiger partial charge on any atom is 0.261 e. The van der Waals surface area contributed by atoms with Gasteiger partial charge in [0.15, 0.2) is 0 Å². The van der Waals surface area contributed by atoms with Gasteiger partial charge in [0, 0.05) is 12.2 Å². The Labute approximate surface area is 157 Å². The lowest BCUT2D eigenvalue weighted by Crippen LogP contribution is -2.34. The number of piperidine rings is 1. The predicted molar refractivity (Wildman–Crippen MR) is 107 cm³/mol. The summed E-state index contributed by atoms with van der Waals surface area (Å²) in [5.74, 6) is 0.540. The van der Waals surface area contributed by atoms with Gasteiger partial charge in [-0.15, -0.1) is 0 Å². The largest absolute Gasteiger partial charge is 0.303 e. The first kappa shape index (κ1) is 18.9. The SMILES string of the molecule is CCCN1CCCC(c2ccc(NS(=O)(=O)c3cccc(C)c3)cc2)C1. The van der Waals surface area contributed by atoms with Crippen LogP contribution in [0.25, 0.3) is 0 Å². The van der Waals surface area contributed by atoms with Crippen LogP contribution in [0.3, 0.4) is 0 Å². The van der Waals surface area contributed by atoms with Crippen LogP contribution in [0.4, 0.5) is 5.69 Å². The van der Waals surface area contributed by atoms with Gasteiger partial charge in [-0.05, 0) is 80.6 Å². The lowest BCUT2D eigenvalue weighted by molar-refractivity contribution is 0.208. The molecule has 2 aromatic carbocycles. The summed E-state index contributed by atoms with van der Waals surface area (Å²) in [6, 6.07) is 14.8. The Balaban J connectivity index is 1.69. The molecule has 4 nitrogen and oxygen atoms in total. The van der Waals surface area contributed by atoms with Gasteiger partial charge in [-0.1, -0.05) is 31.2 Å². The minimum Gasteiger partial charge on any atom is -0.303 e. The molecule has 0 amide bonds. The number of likely N-dealkylation sites (tertiary alicyclic amines) is 1. The monoisotopic (exact) mass is 372 g/mol. The molecule has 0 radical (unpaired) electrons. The second-order valence-electron chi connectivity index (χ2n) is 7.18. The first-order valence-electron chi connectivity index (χ1n) is 9.40. The summed E-state index contributed by atoms with van der Waals surface area (Å²) in [4.78, 5) is 2.83. The number of benzene rings is 2. The molecular formula is C21H28N2O2S. The number of rotatable bonds is 6. The van der Waals surface area contributed by atoms with Gasteiger partial charge in [-0.2, -0.15) is 0 Å². The van der Waals surface area contributed by atoms with Gasteiger partial charge in [0.1, 0.15) is 0 Å². The zero-order chi connectivity index (χ0) is 18.6. The number of nitrogens with one attached hydrogen (secondary N) is 1. The smallest absolute Gasteiger partial charge is 0.261 e. The Bertz CT molecular complexity index is 829. The lowest BCUT2D eigenvalue weighted by atomic mass is 9.90. The van der Waals surface area contributed by atoms with E-state index in [0.29, 0.717) is 16.5 Å². The van der Waals surface area contributed by atoms with Crippen molar-refractivity contribution in [2.75, 3.05) is 24.4 Å². The van der Waals surface area contributed by atoms with Crippen LogP contribution in [0.5, 0.6) is 0 Å². The molecule has 5 heteroatoms. The van der Waals surface area contributed by atoms with Gasteiger partial charge in [0.25, 0.3) is 10.0 Å². The first-order chi connectivity index (χ1) is 12.5. The third kappa shape index (κ3) is 4.65. The van der Waals surface area contributed by atoms with Crippen LogP contribution in [-0.4, -0.2) is 33.0 Å². The van der Waals surface area contributed by atoms with Crippen molar-refractivity contribution in [3.63, 3.8) is 0 Å². The molecule has 0 aromatic heterocycles. The van der Waals surface area contributed by atoms with Crippen LogP contribution < -0.4 is 4.72 Å². The third-order valence-corrected chi connectivity index (χ3v) is 6.36. The van der Waals surface area contributed by atoms with E-state index in [9.17, 15) is 8.42 Å². The minimum atomic E-state index is -3.55. The van der Waals surface area contributed by atoms with E-state index in [1.54, 1.807) is 18.2 Å². The zero-order valence-corrected chi connectivity index (χ0v) is 16.4. The number of hydrogen-bond donors (Lipinski definition) is 1. The van der Waals surface area contributed by atoms with Gasteiger partial charge >= 0.3 is 0 Å². The summed E-state index contributed by atoms with van der Waals surface area (Å²) in [7, 11) is -3.55. The molecule has 0 aliphatic carbocycles. The molecule has 1 heterocycles. The molecule has 26 heavy (non-hydrogen) atoms. The standard InChI is InChI=1S/C21H28N2O2S/c1-3-13-23-14-5-7-19(16-23)18-9-11-20(12-10-18)22-26(24,25)21-8-4-6-17(2)15-21/h4,6,8-12,15,19,22H,3,5,7,13-14,16H2,1-2H3. The highest BCUT2D eigenvalue weighted by Gasteiger charge is 2.21. The Morgan fingerprint density at radius 1 is 1.15 bits per heavy atom. The topological polar surface area (TPSA) is 49.4 Å². The molecule has 1 unspecified atom stereocenters. The van der Waals surface area contributed by atoms with Gasteiger partial charge in [-0.3, -0.25) is 4.72 Å². The molecule has 3 rings (SSSR count). The molecule has 0 spiro atoms. The fourth-order valence-electron chi connectivity index (χ4n) is 3.67. The van der Waals surface area contributed by atoms with E-state index >= 15 is 0 Å². The van der Waals surface area contributed by atoms with E-state index in [2.05, 4.69) is 28.7 Å². The summed E-state index contributed by atoms with van der Waals surface area (Å²) < 4.78 is 27.8. The van der Waals surface area contributed by atoms with Crippen LogP contribution in [-0.2, 0) is 10.0 Å². The van der Waals surface area contributed by atoms with E-state index in [0.717, 1.165) is 18.7 Å². The number of hydrogen-bond acceptors (Lipinski definition) is 3. The molecule has 1 atom stereocenters. The summed E-state index contributed by atoms with van der Waals surface area (Å²) in [6.45, 7) is 7.56. The van der Waals surface area contributed by atoms with Gasteiger partial charge < -0.3 is 4.90 Å². The van der Waals surface area contributed by atoms with Crippen molar-refractivity contribution in [3.05, 3.63) is 59.7 Å². The molecule has 1 aliphatic rings. The number of anilines is 1. The Morgan fingerprint density at radius 2 is 1.92 bits per heavy atom. The highest BCUT2D eigenvalue weighted by Crippen LogP contribution is 2.28. The lowest BCUT2D eigenvalue weighted by Gasteiger charge is -2.32. The third-order valence-electron chi connectivity index (χ3n) is 4.98. The van der Waals surface area contributed by atoms with Crippen molar-refractivity contribution in [2.24, 2.45) is 0 Å². The van der Waals surface area contributed by atoms with Crippen molar-refractivity contribution < 1.29 is 8.42 Å². The fourth-order valence-corrected chi connectivity index (χ4v) is 4.83. The van der Waals surface area contributed by atoms with Gasteiger partial charge in [0.2, 0.25) is 0 Å². The first-order valence-corrected chi connectivity index (χ1v) is 10.9. The van der Waals surface area contributed by atoms with Gasteiger partial charge in [-0.25, -0.2) is 8.42 Å². The summed E-state index contributed by atoms with van der Waals surface area (Å²) >= 11 is 0. The fraction of sp³-hybridized carbons (Fsp3) is 0.429. The Kier molecular flexibility index (Phi) is 5.99.